The lowest BCUT2D eigenvalue weighted by atomic mass is 10.1. The van der Waals surface area contributed by atoms with Gasteiger partial charge in [0.1, 0.15) is 0 Å². The van der Waals surface area contributed by atoms with Gasteiger partial charge in [0, 0.05) is 55.0 Å². The topological polar surface area (TPSA) is 69.6 Å². The summed E-state index contributed by atoms with van der Waals surface area (Å²) in [7, 11) is 0. The zero-order chi connectivity index (χ0) is 22.0. The van der Waals surface area contributed by atoms with Gasteiger partial charge in [-0.3, -0.25) is 14.7 Å². The molecule has 0 unspecified atom stereocenters. The van der Waals surface area contributed by atoms with Crippen molar-refractivity contribution in [2.24, 2.45) is 4.99 Å². The van der Waals surface area contributed by atoms with Crippen molar-refractivity contribution < 1.29 is 4.79 Å². The second-order valence-electron chi connectivity index (χ2n) is 7.75. The molecule has 1 atom stereocenters. The van der Waals surface area contributed by atoms with Crippen LogP contribution in [0, 0.1) is 0 Å². The first-order chi connectivity index (χ1) is 14.9. The number of carbonyl (C=O) groups excluding carboxylic acids is 1. The van der Waals surface area contributed by atoms with Crippen LogP contribution in [0.5, 0.6) is 0 Å². The molecule has 4 rings (SSSR count). The molecular weight excluding hydrogens is 426 g/mol. The number of benzene rings is 1. The Hall–Kier alpha value is -2.42. The van der Waals surface area contributed by atoms with E-state index in [2.05, 4.69) is 58.8 Å². The average Bonchev–Trinajstić information content (AvgIpc) is 3.36. The predicted molar refractivity (Wildman–Crippen MR) is 132 cm³/mol. The van der Waals surface area contributed by atoms with Gasteiger partial charge in [-0.25, -0.2) is 4.98 Å². The molecule has 3 heterocycles. The van der Waals surface area contributed by atoms with Gasteiger partial charge in [0.25, 0.3) is 0 Å². The van der Waals surface area contributed by atoms with Gasteiger partial charge in [0.05, 0.1) is 16.5 Å². The number of anilines is 2. The number of fused-ring (bicyclic) bond motifs is 1. The molecule has 2 aromatic rings. The molecule has 1 saturated heterocycles. The number of rotatable bonds is 5. The Kier molecular flexibility index (Phi) is 6.60. The number of thioether (sulfide) groups is 1. The average molecular weight is 454 g/mol. The van der Waals surface area contributed by atoms with Gasteiger partial charge < -0.3 is 10.6 Å². The number of nitrogens with zero attached hydrogens (tertiary/aromatic N) is 3. The van der Waals surface area contributed by atoms with Crippen LogP contribution in [0.15, 0.2) is 53.0 Å². The smallest absolute Gasteiger partial charge is 0.223 e. The molecule has 1 amide bonds. The monoisotopic (exact) mass is 453 g/mol. The van der Waals surface area contributed by atoms with Crippen molar-refractivity contribution in [3.8, 4) is 0 Å². The molecule has 0 radical (unpaired) electrons. The van der Waals surface area contributed by atoms with Crippen molar-refractivity contribution in [2.75, 3.05) is 29.6 Å². The summed E-state index contributed by atoms with van der Waals surface area (Å²) in [4.78, 5) is 24.9. The van der Waals surface area contributed by atoms with E-state index in [9.17, 15) is 4.79 Å². The Morgan fingerprint density at radius 1 is 1.35 bits per heavy atom. The fourth-order valence-electron chi connectivity index (χ4n) is 3.79. The lowest BCUT2D eigenvalue weighted by Crippen LogP contribution is -2.28. The number of thiazole rings is 1. The Balaban J connectivity index is 1.44. The summed E-state index contributed by atoms with van der Waals surface area (Å²) in [5.74, 6) is 0.814. The van der Waals surface area contributed by atoms with Crippen LogP contribution >= 0.6 is 23.1 Å². The normalized spacial score (nSPS) is 18.9. The van der Waals surface area contributed by atoms with E-state index in [1.54, 1.807) is 6.20 Å². The molecule has 0 spiro atoms. The second-order valence-corrected chi connectivity index (χ2v) is 9.80. The number of nitrogens with one attached hydrogen (secondary N) is 2. The predicted octanol–water partition coefficient (Wildman–Crippen LogP) is 5.40. The van der Waals surface area contributed by atoms with Crippen LogP contribution in [0.3, 0.4) is 0 Å². The molecule has 1 fully saturated rings. The first-order valence-electron chi connectivity index (χ1n) is 10.3. The molecule has 8 heteroatoms. The molecule has 2 aliphatic heterocycles. The van der Waals surface area contributed by atoms with Gasteiger partial charge in [-0.15, -0.1) is 11.8 Å². The molecule has 2 N–H and O–H groups in total. The lowest BCUT2D eigenvalue weighted by Gasteiger charge is -2.28. The van der Waals surface area contributed by atoms with Gasteiger partial charge in [-0.1, -0.05) is 30.6 Å². The maximum absolute atomic E-state index is 11.2. The molecule has 6 nitrogen and oxygen atoms in total. The molecule has 0 bridgehead atoms. The van der Waals surface area contributed by atoms with Crippen molar-refractivity contribution in [1.82, 2.24) is 9.88 Å². The second kappa shape index (κ2) is 9.38. The minimum absolute atomic E-state index is 0.137. The van der Waals surface area contributed by atoms with E-state index in [1.165, 1.54) is 34.4 Å². The first-order valence-corrected chi connectivity index (χ1v) is 12.1. The number of carbonyl (C=O) groups is 1. The van der Waals surface area contributed by atoms with Crippen molar-refractivity contribution in [3.05, 3.63) is 53.6 Å². The SMILES string of the molecule is C=C1CCN([C@H](C)c2ccc3c(c2)NCS3)CCC1=NC(=C)c1cnc(NC(C)=O)s1. The van der Waals surface area contributed by atoms with Crippen LogP contribution in [0.4, 0.5) is 10.8 Å². The van der Waals surface area contributed by atoms with Crippen molar-refractivity contribution >= 4 is 51.2 Å². The highest BCUT2D eigenvalue weighted by atomic mass is 32.2. The lowest BCUT2D eigenvalue weighted by molar-refractivity contribution is -0.114. The molecule has 1 aromatic carbocycles. The van der Waals surface area contributed by atoms with E-state index >= 15 is 0 Å². The zero-order valence-corrected chi connectivity index (χ0v) is 19.5. The molecule has 2 aliphatic rings. The Bertz CT molecular complexity index is 1060. The Labute approximate surface area is 191 Å². The van der Waals surface area contributed by atoms with E-state index in [4.69, 9.17) is 4.99 Å². The summed E-state index contributed by atoms with van der Waals surface area (Å²) in [6, 6.07) is 7.09. The van der Waals surface area contributed by atoms with Crippen LogP contribution in [0.25, 0.3) is 5.70 Å². The molecular formula is C23H27N5OS2. The van der Waals surface area contributed by atoms with Gasteiger partial charge >= 0.3 is 0 Å². The third-order valence-electron chi connectivity index (χ3n) is 5.61. The summed E-state index contributed by atoms with van der Waals surface area (Å²) >= 11 is 3.23. The van der Waals surface area contributed by atoms with Gasteiger partial charge in [0.2, 0.25) is 5.91 Å². The van der Waals surface area contributed by atoms with E-state index in [0.717, 1.165) is 48.0 Å². The molecule has 31 heavy (non-hydrogen) atoms. The molecule has 1 aromatic heterocycles. The number of aliphatic imine (C=N–C) groups is 1. The zero-order valence-electron chi connectivity index (χ0n) is 17.9. The summed E-state index contributed by atoms with van der Waals surface area (Å²) < 4.78 is 0. The van der Waals surface area contributed by atoms with Crippen LogP contribution in [0.1, 0.15) is 43.2 Å². The van der Waals surface area contributed by atoms with Gasteiger partial charge in [-0.05, 0) is 36.6 Å². The largest absolute Gasteiger partial charge is 0.375 e. The van der Waals surface area contributed by atoms with Crippen LogP contribution in [-0.2, 0) is 4.79 Å². The standard InChI is InChI=1S/C23H27N5OS2/c1-14-7-9-28(16(3)18-5-6-21-20(11-18)25-13-30-21)10-8-19(14)26-15(2)22-12-24-23(31-22)27-17(4)29/h5-6,11-12,16,25H,1-2,7-10,13H2,3-4H3,(H,24,27,29)/t16-/m1/s1. The van der Waals surface area contributed by atoms with Gasteiger partial charge in [0.15, 0.2) is 5.13 Å². The van der Waals surface area contributed by atoms with Crippen LogP contribution in [-0.4, -0.2) is 40.5 Å². The third kappa shape index (κ3) is 5.08. The highest BCUT2D eigenvalue weighted by molar-refractivity contribution is 7.99. The van der Waals surface area contributed by atoms with Crippen molar-refractivity contribution in [3.63, 3.8) is 0 Å². The quantitative estimate of drug-likeness (QED) is 0.634. The number of aromatic nitrogens is 1. The molecule has 0 aliphatic carbocycles. The van der Waals surface area contributed by atoms with Crippen LogP contribution in [0.2, 0.25) is 0 Å². The number of likely N-dealkylation sites (tertiary alicyclic amines) is 1. The highest BCUT2D eigenvalue weighted by Crippen LogP contribution is 2.36. The summed E-state index contributed by atoms with van der Waals surface area (Å²) in [6.45, 7) is 14.0. The molecule has 0 saturated carbocycles. The fraction of sp³-hybridized carbons (Fsp3) is 0.348. The van der Waals surface area contributed by atoms with Crippen molar-refractivity contribution in [1.29, 1.82) is 0 Å². The number of hydrogen-bond acceptors (Lipinski definition) is 7. The van der Waals surface area contributed by atoms with E-state index in [0.29, 0.717) is 16.9 Å². The van der Waals surface area contributed by atoms with Crippen molar-refractivity contribution in [2.45, 2.75) is 37.6 Å². The van der Waals surface area contributed by atoms with Crippen LogP contribution < -0.4 is 10.6 Å². The number of hydrogen-bond donors (Lipinski definition) is 2. The maximum atomic E-state index is 11.2. The highest BCUT2D eigenvalue weighted by Gasteiger charge is 2.23. The summed E-state index contributed by atoms with van der Waals surface area (Å²) in [5, 5.41) is 6.71. The Morgan fingerprint density at radius 3 is 2.97 bits per heavy atom. The van der Waals surface area contributed by atoms with E-state index in [1.807, 2.05) is 11.8 Å². The number of amides is 1. The minimum atomic E-state index is -0.137. The summed E-state index contributed by atoms with van der Waals surface area (Å²) in [6.07, 6.45) is 3.42. The van der Waals surface area contributed by atoms with E-state index < -0.39 is 0 Å². The first kappa shape index (κ1) is 21.8. The fourth-order valence-corrected chi connectivity index (χ4v) is 5.40. The van der Waals surface area contributed by atoms with Gasteiger partial charge in [-0.2, -0.15) is 0 Å². The minimum Gasteiger partial charge on any atom is -0.375 e. The molecule has 162 valence electrons. The maximum Gasteiger partial charge on any atom is 0.223 e. The third-order valence-corrected chi connectivity index (χ3v) is 7.53. The summed E-state index contributed by atoms with van der Waals surface area (Å²) in [5.41, 5.74) is 5.30. The van der Waals surface area contributed by atoms with E-state index in [-0.39, 0.29) is 5.91 Å². The Morgan fingerprint density at radius 2 is 2.16 bits per heavy atom.